The molecule has 0 spiro atoms. The van der Waals surface area contributed by atoms with Gasteiger partial charge in [-0.15, -0.1) is 11.3 Å². The van der Waals surface area contributed by atoms with Gasteiger partial charge in [0.05, 0.1) is 22.5 Å². The standard InChI is InChI=1S/C18H19N3OS/c1-21-14-8-4-3-7-13(14)20-17(21)11-19-18(22)16-10-12-6-2-5-9-15(12)23-16/h3-4,7-8,10H,2,5-6,9,11H2,1H3,(H,19,22). The fourth-order valence-corrected chi connectivity index (χ4v) is 4.37. The third-order valence-electron chi connectivity index (χ3n) is 4.51. The molecule has 5 heteroatoms. The average molecular weight is 325 g/mol. The van der Waals surface area contributed by atoms with Crippen molar-refractivity contribution in [2.45, 2.75) is 32.2 Å². The van der Waals surface area contributed by atoms with Crippen LogP contribution in [0, 0.1) is 0 Å². The third-order valence-corrected chi connectivity index (χ3v) is 5.74. The van der Waals surface area contributed by atoms with Gasteiger partial charge in [-0.05, 0) is 49.4 Å². The second-order valence-corrected chi connectivity index (χ2v) is 7.16. The minimum Gasteiger partial charge on any atom is -0.344 e. The summed E-state index contributed by atoms with van der Waals surface area (Å²) in [5, 5.41) is 3.01. The molecule has 1 aromatic carbocycles. The molecule has 0 saturated heterocycles. The van der Waals surface area contributed by atoms with Crippen molar-refractivity contribution < 1.29 is 4.79 Å². The summed E-state index contributed by atoms with van der Waals surface area (Å²) in [6, 6.07) is 10.1. The Labute approximate surface area is 139 Å². The molecule has 4 nitrogen and oxygen atoms in total. The first-order valence-corrected chi connectivity index (χ1v) is 8.84. The molecule has 0 bridgehead atoms. The van der Waals surface area contributed by atoms with Gasteiger partial charge in [-0.3, -0.25) is 4.79 Å². The lowest BCUT2D eigenvalue weighted by molar-refractivity contribution is 0.0953. The maximum atomic E-state index is 12.4. The zero-order valence-electron chi connectivity index (χ0n) is 13.1. The molecule has 1 N–H and O–H groups in total. The van der Waals surface area contributed by atoms with Gasteiger partial charge >= 0.3 is 0 Å². The summed E-state index contributed by atoms with van der Waals surface area (Å²) in [5.74, 6) is 0.886. The van der Waals surface area contributed by atoms with Crippen molar-refractivity contribution >= 4 is 28.3 Å². The van der Waals surface area contributed by atoms with Crippen molar-refractivity contribution in [3.05, 3.63) is 51.5 Å². The van der Waals surface area contributed by atoms with E-state index < -0.39 is 0 Å². The molecule has 4 rings (SSSR count). The van der Waals surface area contributed by atoms with Gasteiger partial charge in [0.1, 0.15) is 5.82 Å². The van der Waals surface area contributed by atoms with Gasteiger partial charge in [0, 0.05) is 11.9 Å². The lowest BCUT2D eigenvalue weighted by Gasteiger charge is -2.08. The maximum absolute atomic E-state index is 12.4. The van der Waals surface area contributed by atoms with E-state index in [9.17, 15) is 4.79 Å². The average Bonchev–Trinajstić information content (AvgIpc) is 3.15. The van der Waals surface area contributed by atoms with Gasteiger partial charge < -0.3 is 9.88 Å². The molecule has 0 unspecified atom stereocenters. The molecular formula is C18H19N3OS. The monoisotopic (exact) mass is 325 g/mol. The Bertz CT molecular complexity index is 854. The van der Waals surface area contributed by atoms with E-state index in [0.29, 0.717) is 6.54 Å². The first kappa shape index (κ1) is 14.5. The zero-order chi connectivity index (χ0) is 15.8. The summed E-state index contributed by atoms with van der Waals surface area (Å²) in [4.78, 5) is 19.2. The highest BCUT2D eigenvalue weighted by Crippen LogP contribution is 2.29. The van der Waals surface area contributed by atoms with Crippen LogP contribution in [0.3, 0.4) is 0 Å². The normalized spacial score (nSPS) is 14.0. The molecule has 0 aliphatic heterocycles. The van der Waals surface area contributed by atoms with E-state index in [1.807, 2.05) is 35.9 Å². The number of nitrogens with one attached hydrogen (secondary N) is 1. The predicted molar refractivity (Wildman–Crippen MR) is 92.8 cm³/mol. The number of para-hydroxylation sites is 2. The number of aromatic nitrogens is 2. The van der Waals surface area contributed by atoms with Crippen LogP contribution in [0.25, 0.3) is 11.0 Å². The molecule has 1 amide bonds. The Kier molecular flexibility index (Phi) is 3.65. The molecule has 118 valence electrons. The SMILES string of the molecule is Cn1c(CNC(=O)c2cc3c(s2)CCCC3)nc2ccccc21. The lowest BCUT2D eigenvalue weighted by Crippen LogP contribution is -2.23. The van der Waals surface area contributed by atoms with E-state index in [4.69, 9.17) is 0 Å². The zero-order valence-corrected chi connectivity index (χ0v) is 13.9. The van der Waals surface area contributed by atoms with E-state index in [2.05, 4.69) is 16.4 Å². The van der Waals surface area contributed by atoms with Gasteiger partial charge in [-0.25, -0.2) is 4.98 Å². The number of nitrogens with zero attached hydrogens (tertiary/aromatic N) is 2. The predicted octanol–water partition coefficient (Wildman–Crippen LogP) is 3.44. The smallest absolute Gasteiger partial charge is 0.261 e. The van der Waals surface area contributed by atoms with Gasteiger partial charge in [0.2, 0.25) is 0 Å². The van der Waals surface area contributed by atoms with Gasteiger partial charge in [0.25, 0.3) is 5.91 Å². The van der Waals surface area contributed by atoms with Crippen molar-refractivity contribution in [1.82, 2.24) is 14.9 Å². The summed E-state index contributed by atoms with van der Waals surface area (Å²) in [7, 11) is 1.99. The number of hydrogen-bond acceptors (Lipinski definition) is 3. The fourth-order valence-electron chi connectivity index (χ4n) is 3.20. The summed E-state index contributed by atoms with van der Waals surface area (Å²) in [6.45, 7) is 0.451. The molecule has 23 heavy (non-hydrogen) atoms. The van der Waals surface area contributed by atoms with Gasteiger partial charge in [-0.1, -0.05) is 12.1 Å². The van der Waals surface area contributed by atoms with Crippen molar-refractivity contribution in [3.8, 4) is 0 Å². The summed E-state index contributed by atoms with van der Waals surface area (Å²) >= 11 is 1.65. The van der Waals surface area contributed by atoms with Crippen molar-refractivity contribution in [3.63, 3.8) is 0 Å². The van der Waals surface area contributed by atoms with Crippen LogP contribution in [-0.2, 0) is 26.4 Å². The van der Waals surface area contributed by atoms with E-state index in [0.717, 1.165) is 34.6 Å². The number of fused-ring (bicyclic) bond motifs is 2. The largest absolute Gasteiger partial charge is 0.344 e. The molecule has 1 aliphatic rings. The summed E-state index contributed by atoms with van der Waals surface area (Å²) < 4.78 is 2.04. The number of rotatable bonds is 3. The number of thiophene rings is 1. The minimum absolute atomic E-state index is 0.0106. The van der Waals surface area contributed by atoms with Crippen molar-refractivity contribution in [2.75, 3.05) is 0 Å². The second kappa shape index (κ2) is 5.81. The van der Waals surface area contributed by atoms with E-state index in [1.165, 1.54) is 23.3 Å². The molecule has 2 heterocycles. The molecule has 1 aliphatic carbocycles. The number of imidazole rings is 1. The number of carbonyl (C=O) groups is 1. The summed E-state index contributed by atoms with van der Waals surface area (Å²) in [5.41, 5.74) is 3.42. The number of aryl methyl sites for hydroxylation is 3. The maximum Gasteiger partial charge on any atom is 0.261 e. The first-order chi connectivity index (χ1) is 11.2. The van der Waals surface area contributed by atoms with Crippen molar-refractivity contribution in [1.29, 1.82) is 0 Å². The van der Waals surface area contributed by atoms with Crippen LogP contribution < -0.4 is 5.32 Å². The minimum atomic E-state index is 0.0106. The highest BCUT2D eigenvalue weighted by atomic mass is 32.1. The van der Waals surface area contributed by atoms with E-state index >= 15 is 0 Å². The Morgan fingerprint density at radius 1 is 1.30 bits per heavy atom. The topological polar surface area (TPSA) is 46.9 Å². The first-order valence-electron chi connectivity index (χ1n) is 8.02. The number of benzene rings is 1. The van der Waals surface area contributed by atoms with Crippen LogP contribution in [-0.4, -0.2) is 15.5 Å². The van der Waals surface area contributed by atoms with Gasteiger partial charge in [-0.2, -0.15) is 0 Å². The number of amides is 1. The quantitative estimate of drug-likeness (QED) is 0.802. The molecule has 0 fully saturated rings. The fraction of sp³-hybridized carbons (Fsp3) is 0.333. The van der Waals surface area contributed by atoms with E-state index in [1.54, 1.807) is 11.3 Å². The van der Waals surface area contributed by atoms with Crippen LogP contribution >= 0.6 is 11.3 Å². The molecule has 3 aromatic rings. The Hall–Kier alpha value is -2.14. The molecular weight excluding hydrogens is 306 g/mol. The Balaban J connectivity index is 1.50. The van der Waals surface area contributed by atoms with Crippen LogP contribution in [0.5, 0.6) is 0 Å². The summed E-state index contributed by atoms with van der Waals surface area (Å²) in [6.07, 6.45) is 4.72. The second-order valence-electron chi connectivity index (χ2n) is 6.02. The third kappa shape index (κ3) is 2.65. The number of hydrogen-bond donors (Lipinski definition) is 1. The lowest BCUT2D eigenvalue weighted by atomic mass is 9.99. The van der Waals surface area contributed by atoms with Crippen molar-refractivity contribution in [2.24, 2.45) is 7.05 Å². The molecule has 0 radical (unpaired) electrons. The molecule has 0 atom stereocenters. The van der Waals surface area contributed by atoms with E-state index in [-0.39, 0.29) is 5.91 Å². The molecule has 0 saturated carbocycles. The van der Waals surface area contributed by atoms with Crippen LogP contribution in [0.15, 0.2) is 30.3 Å². The van der Waals surface area contributed by atoms with Crippen LogP contribution in [0.2, 0.25) is 0 Å². The highest BCUT2D eigenvalue weighted by Gasteiger charge is 2.17. The Morgan fingerprint density at radius 2 is 2.13 bits per heavy atom. The number of carbonyl (C=O) groups excluding carboxylic acids is 1. The molecule has 2 aromatic heterocycles. The van der Waals surface area contributed by atoms with Crippen LogP contribution in [0.4, 0.5) is 0 Å². The van der Waals surface area contributed by atoms with Crippen LogP contribution in [0.1, 0.15) is 38.8 Å². The Morgan fingerprint density at radius 3 is 2.96 bits per heavy atom. The van der Waals surface area contributed by atoms with Gasteiger partial charge in [0.15, 0.2) is 0 Å². The highest BCUT2D eigenvalue weighted by molar-refractivity contribution is 7.14.